The molecule has 107 heavy (non-hydrogen) atoms. The van der Waals surface area contributed by atoms with Crippen LogP contribution in [0.15, 0.2) is 0 Å². The van der Waals surface area contributed by atoms with E-state index in [9.17, 15) is 131 Å². The molecule has 6 amide bonds. The van der Waals surface area contributed by atoms with Gasteiger partial charge < -0.3 is 205 Å². The molecule has 0 saturated carbocycles. The van der Waals surface area contributed by atoms with Gasteiger partial charge >= 0.3 is 0 Å². The fourth-order valence-corrected chi connectivity index (χ4v) is 13.9. The highest BCUT2D eigenvalue weighted by Crippen LogP contribution is 2.40. The number of hydrogen-bond acceptors (Lipinski definition) is 41. The first kappa shape index (κ1) is 88.0. The number of aliphatic hydroxyl groups excluding tert-OH is 20. The zero-order valence-corrected chi connectivity index (χ0v) is 58.3. The van der Waals surface area contributed by atoms with E-state index in [4.69, 9.17) is 71.1 Å². The van der Waals surface area contributed by atoms with Gasteiger partial charge in [-0.15, -0.1) is 0 Å². The molecule has 8 aliphatic rings. The summed E-state index contributed by atoms with van der Waals surface area (Å²) in [5, 5.41) is 238. The first-order valence-electron chi connectivity index (χ1n) is 34.1. The van der Waals surface area contributed by atoms with Crippen molar-refractivity contribution >= 4 is 35.4 Å². The first-order valence-corrected chi connectivity index (χ1v) is 34.1. The third-order valence-electron chi connectivity index (χ3n) is 19.1. The largest absolute Gasteiger partial charge is 0.394 e. The molecule has 8 heterocycles. The summed E-state index contributed by atoms with van der Waals surface area (Å²) in [6.07, 6.45) is -68.8. The van der Waals surface area contributed by atoms with E-state index in [0.717, 1.165) is 41.5 Å². The zero-order valence-electron chi connectivity index (χ0n) is 58.3. The van der Waals surface area contributed by atoms with Crippen molar-refractivity contribution in [3.8, 4) is 0 Å². The minimum absolute atomic E-state index is 0.755. The van der Waals surface area contributed by atoms with E-state index in [1.165, 1.54) is 0 Å². The van der Waals surface area contributed by atoms with Crippen molar-refractivity contribution in [1.82, 2.24) is 31.9 Å². The Morgan fingerprint density at radius 1 is 0.224 bits per heavy atom. The van der Waals surface area contributed by atoms with Crippen LogP contribution in [-0.4, -0.2) is 436 Å². The lowest BCUT2D eigenvalue weighted by atomic mass is 9.93. The highest BCUT2D eigenvalue weighted by atomic mass is 16.8. The highest BCUT2D eigenvalue weighted by molar-refractivity contribution is 5.75. The molecule has 616 valence electrons. The van der Waals surface area contributed by atoms with E-state index in [1.807, 2.05) is 0 Å². The molecule has 8 aliphatic heterocycles. The quantitative estimate of drug-likeness (QED) is 0.0346. The van der Waals surface area contributed by atoms with Gasteiger partial charge in [0.1, 0.15) is 195 Å². The summed E-state index contributed by atoms with van der Waals surface area (Å²) < 4.78 is 90.1. The van der Waals surface area contributed by atoms with Crippen molar-refractivity contribution < 1.29 is 202 Å². The van der Waals surface area contributed by atoms with Crippen molar-refractivity contribution in [2.45, 2.75) is 287 Å². The Labute approximate surface area is 607 Å². The molecule has 0 aromatic rings. The second-order valence-electron chi connectivity index (χ2n) is 26.8. The molecule has 0 aliphatic carbocycles. The van der Waals surface area contributed by atoms with Crippen LogP contribution < -0.4 is 31.9 Å². The number of rotatable bonds is 28. The highest BCUT2D eigenvalue weighted by Gasteiger charge is 2.61. The molecule has 0 spiro atoms. The molecule has 0 bridgehead atoms. The molecule has 0 radical (unpaired) electrons. The molecule has 8 fully saturated rings. The Bertz CT molecular complexity index is 2890. The molecular formula is C60H100N6O41. The van der Waals surface area contributed by atoms with Gasteiger partial charge in [0.2, 0.25) is 35.4 Å². The molecule has 47 heteroatoms. The summed E-state index contributed by atoms with van der Waals surface area (Å²) >= 11 is 0. The predicted molar refractivity (Wildman–Crippen MR) is 334 cm³/mol. The normalized spacial score (nSPS) is 46.1. The van der Waals surface area contributed by atoms with E-state index in [1.54, 1.807) is 0 Å². The number of carbonyl (C=O) groups is 6. The molecule has 26 N–H and O–H groups in total. The third kappa shape index (κ3) is 20.1. The minimum atomic E-state index is -2.51. The molecule has 0 aromatic carbocycles. The monoisotopic (exact) mass is 1560 g/mol. The average molecular weight is 1560 g/mol. The second kappa shape index (κ2) is 38.8. The standard InChI is InChI=1S/C60H100N6O41/c1-15(75)61-29-40(86)46(24(10-70)93-53(29)92)101-56-33(65-19(5)79)43(89)49(27(13-73)98-56)105-59-45(91)51(37(83)23(9-69)96-59)106-60-52(107-58-34(66-20(6)80)42(88)48(26(12-72)99-58)103-55-31(63-17(3)77)39(85)36(82)22(8-68)95-55)44(90)50(28(14-74)100-60)104-57-32(64-18(4)78)41(87)47(25(11-71)97-57)102-54-30(62-16(2)76)38(84)35(81)21(7-67)94-54/h21-60,67-74,81-92H,7-14H2,1-6H3,(H,61,75)(H,62,76)(H,63,77)(H,64,78)(H,65,79)(H,66,80)/t21-,22-,23-,24-,25-,26-,27-,28-,29-,30-,31-,32-,33-,34-,35+,36+,37-,38-,39-,40-,41-,42-,43-,44+,45+,46-,47-,48-,49-,50-,51+,52+,53?,54+,55+,56+,57+,58+,59+,60-/m1/s1. The van der Waals surface area contributed by atoms with Gasteiger partial charge in [-0.05, 0) is 0 Å². The number of ether oxygens (including phenoxy) is 15. The smallest absolute Gasteiger partial charge is 0.217 e. The summed E-state index contributed by atoms with van der Waals surface area (Å²) in [4.78, 5) is 75.8. The van der Waals surface area contributed by atoms with Crippen LogP contribution in [0.3, 0.4) is 0 Å². The topological polar surface area (TPSA) is 718 Å². The van der Waals surface area contributed by atoms with Crippen molar-refractivity contribution in [1.29, 1.82) is 0 Å². The van der Waals surface area contributed by atoms with Crippen molar-refractivity contribution in [3.63, 3.8) is 0 Å². The van der Waals surface area contributed by atoms with E-state index in [-0.39, 0.29) is 0 Å². The van der Waals surface area contributed by atoms with E-state index in [0.29, 0.717) is 0 Å². The van der Waals surface area contributed by atoms with Crippen LogP contribution in [0, 0.1) is 0 Å². The molecule has 40 atom stereocenters. The Morgan fingerprint density at radius 2 is 0.439 bits per heavy atom. The van der Waals surface area contributed by atoms with Crippen LogP contribution >= 0.6 is 0 Å². The number of aliphatic hydroxyl groups is 20. The SMILES string of the molecule is CC(=O)N[C@H]1[C@H](O[C@H]2[C@H](O)[C@@H](NC(C)=O)C(O)O[C@@H]2CO)O[C@H](CO)[C@@H](O[C@@H]2O[C@H](CO)[C@@H](O)[C@H](O[C@H]3O[C@H](CO)[C@@H](O[C@@H]4O[C@H](CO)[C@@H](O[C@@H]5O[C@H](CO)[C@H](O)[C@H](O)[C@H]5NC(C)=O)[C@H](O)[C@H]4NC(C)=O)[C@H](O)[C@@H]3O[C@@H]3O[C@H](CO)[C@@H](O[C@@H]4O[C@H](CO)[C@H](O)[C@H](O)[C@H]4NC(C)=O)[C@H](O)[C@H]3NC(C)=O)[C@@H]2O)[C@@H]1O. The van der Waals surface area contributed by atoms with Crippen molar-refractivity contribution in [2.24, 2.45) is 0 Å². The molecule has 1 unspecified atom stereocenters. The maximum absolute atomic E-state index is 13.2. The summed E-state index contributed by atoms with van der Waals surface area (Å²) in [6.45, 7) is -2.76. The molecular weight excluding hydrogens is 1460 g/mol. The summed E-state index contributed by atoms with van der Waals surface area (Å²) in [7, 11) is 0. The van der Waals surface area contributed by atoms with Crippen LogP contribution in [-0.2, 0) is 99.8 Å². The van der Waals surface area contributed by atoms with Gasteiger partial charge in [0, 0.05) is 41.5 Å². The van der Waals surface area contributed by atoms with E-state index in [2.05, 4.69) is 31.9 Å². The number of amides is 6. The van der Waals surface area contributed by atoms with Crippen LogP contribution in [0.25, 0.3) is 0 Å². The van der Waals surface area contributed by atoms with Crippen molar-refractivity contribution in [3.05, 3.63) is 0 Å². The van der Waals surface area contributed by atoms with Crippen LogP contribution in [0.4, 0.5) is 0 Å². The fourth-order valence-electron chi connectivity index (χ4n) is 13.9. The fraction of sp³-hybridized carbons (Fsp3) is 0.900. The average Bonchev–Trinajstić information content (AvgIpc) is 0.760. The van der Waals surface area contributed by atoms with E-state index < -0.39 is 334 Å². The maximum atomic E-state index is 13.2. The van der Waals surface area contributed by atoms with Crippen LogP contribution in [0.1, 0.15) is 41.5 Å². The molecule has 8 rings (SSSR count). The van der Waals surface area contributed by atoms with Gasteiger partial charge in [0.05, 0.1) is 52.9 Å². The van der Waals surface area contributed by atoms with Gasteiger partial charge in [-0.1, -0.05) is 0 Å². The summed E-state index contributed by atoms with van der Waals surface area (Å²) in [5.41, 5.74) is 0. The van der Waals surface area contributed by atoms with E-state index >= 15 is 0 Å². The third-order valence-corrected chi connectivity index (χ3v) is 19.1. The molecule has 0 aromatic heterocycles. The lowest BCUT2D eigenvalue weighted by Gasteiger charge is -2.52. The van der Waals surface area contributed by atoms with Gasteiger partial charge in [0.25, 0.3) is 0 Å². The maximum Gasteiger partial charge on any atom is 0.217 e. The summed E-state index contributed by atoms with van der Waals surface area (Å²) in [5.74, 6) is -5.17. The number of nitrogens with one attached hydrogen (secondary N) is 6. The van der Waals surface area contributed by atoms with Gasteiger partial charge in [-0.25, -0.2) is 0 Å². The Kier molecular flexibility index (Phi) is 31.9. The van der Waals surface area contributed by atoms with Crippen LogP contribution in [0.5, 0.6) is 0 Å². The van der Waals surface area contributed by atoms with Gasteiger partial charge in [-0.3, -0.25) is 28.8 Å². The predicted octanol–water partition coefficient (Wildman–Crippen LogP) is -17.6. The molecule has 47 nitrogen and oxygen atoms in total. The number of hydrogen-bond donors (Lipinski definition) is 26. The zero-order chi connectivity index (χ0) is 79.1. The summed E-state index contributed by atoms with van der Waals surface area (Å²) in [6, 6.07) is -10.7. The lowest BCUT2D eigenvalue weighted by molar-refractivity contribution is -0.403. The molecule has 8 saturated heterocycles. The van der Waals surface area contributed by atoms with Crippen molar-refractivity contribution in [2.75, 3.05) is 52.9 Å². The Hall–Kier alpha value is -4.58. The Balaban J connectivity index is 1.14. The Morgan fingerprint density at radius 3 is 0.748 bits per heavy atom. The lowest BCUT2D eigenvalue weighted by Crippen LogP contribution is -2.72. The van der Waals surface area contributed by atoms with Gasteiger partial charge in [0.15, 0.2) is 50.3 Å². The first-order chi connectivity index (χ1) is 50.6. The van der Waals surface area contributed by atoms with Gasteiger partial charge in [-0.2, -0.15) is 0 Å². The number of carbonyl (C=O) groups excluding carboxylic acids is 6. The second-order valence-corrected chi connectivity index (χ2v) is 26.8. The van der Waals surface area contributed by atoms with Crippen LogP contribution in [0.2, 0.25) is 0 Å². The minimum Gasteiger partial charge on any atom is -0.394 e.